The third-order valence-electron chi connectivity index (χ3n) is 3.22. The number of urea groups is 1. The van der Waals surface area contributed by atoms with Crippen molar-refractivity contribution >= 4 is 11.9 Å². The van der Waals surface area contributed by atoms with Gasteiger partial charge in [0, 0.05) is 0 Å². The van der Waals surface area contributed by atoms with Crippen molar-refractivity contribution in [1.29, 1.82) is 0 Å². The van der Waals surface area contributed by atoms with Gasteiger partial charge in [-0.15, -0.1) is 0 Å². The molecular formula is C10H18N2O2. The molecule has 3 amide bonds. The Balaban J connectivity index is 3.05. The molecule has 0 spiro atoms. The summed E-state index contributed by atoms with van der Waals surface area (Å²) in [6.07, 6.45) is 0.867. The first-order valence-corrected chi connectivity index (χ1v) is 5.08. The fraction of sp³-hybridized carbons (Fsp3) is 0.800. The van der Waals surface area contributed by atoms with E-state index in [1.807, 2.05) is 27.7 Å². The SMILES string of the molecule is CCC(C)C1(C(C)C)NC(=O)NC1=O. The van der Waals surface area contributed by atoms with Crippen molar-refractivity contribution in [3.63, 3.8) is 0 Å². The molecule has 80 valence electrons. The molecule has 0 bridgehead atoms. The summed E-state index contributed by atoms with van der Waals surface area (Å²) in [5.41, 5.74) is -0.716. The molecule has 0 aromatic heterocycles. The average molecular weight is 198 g/mol. The zero-order chi connectivity index (χ0) is 10.9. The van der Waals surface area contributed by atoms with E-state index in [4.69, 9.17) is 0 Å². The molecule has 0 aromatic carbocycles. The summed E-state index contributed by atoms with van der Waals surface area (Å²) in [6.45, 7) is 7.92. The minimum atomic E-state index is -0.716. The first-order valence-electron chi connectivity index (χ1n) is 5.08. The molecule has 1 saturated heterocycles. The molecule has 0 saturated carbocycles. The highest BCUT2D eigenvalue weighted by atomic mass is 16.2. The minimum absolute atomic E-state index is 0.101. The quantitative estimate of drug-likeness (QED) is 0.671. The van der Waals surface area contributed by atoms with Crippen LogP contribution in [-0.4, -0.2) is 17.5 Å². The van der Waals surface area contributed by atoms with Crippen molar-refractivity contribution in [3.8, 4) is 0 Å². The summed E-state index contributed by atoms with van der Waals surface area (Å²) in [6, 6.07) is -0.371. The van der Waals surface area contributed by atoms with E-state index in [0.29, 0.717) is 0 Å². The largest absolute Gasteiger partial charge is 0.323 e. The zero-order valence-corrected chi connectivity index (χ0v) is 9.18. The van der Waals surface area contributed by atoms with Crippen molar-refractivity contribution < 1.29 is 9.59 Å². The second kappa shape index (κ2) is 3.59. The van der Waals surface area contributed by atoms with Crippen LogP contribution in [0.2, 0.25) is 0 Å². The van der Waals surface area contributed by atoms with E-state index in [9.17, 15) is 9.59 Å². The summed E-state index contributed by atoms with van der Waals surface area (Å²) in [5, 5.41) is 5.08. The molecule has 1 heterocycles. The maximum Gasteiger partial charge on any atom is 0.322 e. The summed E-state index contributed by atoms with van der Waals surface area (Å²) >= 11 is 0. The Morgan fingerprint density at radius 2 is 1.86 bits per heavy atom. The van der Waals surface area contributed by atoms with Gasteiger partial charge < -0.3 is 5.32 Å². The number of amides is 3. The Morgan fingerprint density at radius 1 is 1.29 bits per heavy atom. The van der Waals surface area contributed by atoms with E-state index in [2.05, 4.69) is 10.6 Å². The lowest BCUT2D eigenvalue weighted by Gasteiger charge is -2.35. The number of rotatable bonds is 3. The standard InChI is InChI=1S/C10H18N2O2/c1-5-7(4)10(6(2)3)8(13)11-9(14)12-10/h6-7H,5H2,1-4H3,(H2,11,12,13,14). The molecule has 1 rings (SSSR count). The van der Waals surface area contributed by atoms with E-state index in [-0.39, 0.29) is 23.8 Å². The summed E-state index contributed by atoms with van der Waals surface area (Å²) < 4.78 is 0. The second-order valence-electron chi connectivity index (χ2n) is 4.24. The summed E-state index contributed by atoms with van der Waals surface area (Å²) in [4.78, 5) is 22.9. The molecule has 2 unspecified atom stereocenters. The Labute approximate surface area is 84.4 Å². The van der Waals surface area contributed by atoms with Crippen LogP contribution < -0.4 is 10.6 Å². The molecule has 4 heteroatoms. The highest BCUT2D eigenvalue weighted by Crippen LogP contribution is 2.31. The number of carbonyl (C=O) groups excluding carboxylic acids is 2. The third-order valence-corrected chi connectivity index (χ3v) is 3.22. The van der Waals surface area contributed by atoms with Crippen LogP contribution >= 0.6 is 0 Å². The van der Waals surface area contributed by atoms with Crippen LogP contribution in [-0.2, 0) is 4.79 Å². The van der Waals surface area contributed by atoms with Gasteiger partial charge in [-0.1, -0.05) is 34.1 Å². The number of imide groups is 1. The molecule has 1 aliphatic heterocycles. The van der Waals surface area contributed by atoms with Gasteiger partial charge in [0.15, 0.2) is 0 Å². The molecule has 1 aliphatic rings. The third kappa shape index (κ3) is 1.38. The van der Waals surface area contributed by atoms with Gasteiger partial charge in [0.25, 0.3) is 5.91 Å². The first kappa shape index (κ1) is 11.0. The predicted molar refractivity (Wildman–Crippen MR) is 53.7 cm³/mol. The normalized spacial score (nSPS) is 28.9. The van der Waals surface area contributed by atoms with Gasteiger partial charge in [-0.3, -0.25) is 10.1 Å². The lowest BCUT2D eigenvalue weighted by atomic mass is 9.75. The van der Waals surface area contributed by atoms with E-state index in [1.165, 1.54) is 0 Å². The number of nitrogens with one attached hydrogen (secondary N) is 2. The van der Waals surface area contributed by atoms with Gasteiger partial charge in [-0.05, 0) is 11.8 Å². The van der Waals surface area contributed by atoms with Gasteiger partial charge in [0.2, 0.25) is 0 Å². The van der Waals surface area contributed by atoms with Gasteiger partial charge in [-0.25, -0.2) is 4.79 Å². The molecule has 2 atom stereocenters. The van der Waals surface area contributed by atoms with Gasteiger partial charge in [0.1, 0.15) is 5.54 Å². The molecule has 4 nitrogen and oxygen atoms in total. The summed E-state index contributed by atoms with van der Waals surface area (Å²) in [5.74, 6) is 0.0599. The van der Waals surface area contributed by atoms with Crippen LogP contribution in [0.5, 0.6) is 0 Å². The van der Waals surface area contributed by atoms with E-state index >= 15 is 0 Å². The van der Waals surface area contributed by atoms with E-state index in [0.717, 1.165) is 6.42 Å². The monoisotopic (exact) mass is 198 g/mol. The van der Waals surface area contributed by atoms with Gasteiger partial charge in [0.05, 0.1) is 0 Å². The van der Waals surface area contributed by atoms with Crippen LogP contribution in [0.1, 0.15) is 34.1 Å². The van der Waals surface area contributed by atoms with Crippen molar-refractivity contribution in [2.75, 3.05) is 0 Å². The molecule has 14 heavy (non-hydrogen) atoms. The molecule has 0 radical (unpaired) electrons. The van der Waals surface area contributed by atoms with Crippen molar-refractivity contribution in [2.24, 2.45) is 11.8 Å². The minimum Gasteiger partial charge on any atom is -0.323 e. The van der Waals surface area contributed by atoms with Crippen molar-refractivity contribution in [3.05, 3.63) is 0 Å². The summed E-state index contributed by atoms with van der Waals surface area (Å²) in [7, 11) is 0. The zero-order valence-electron chi connectivity index (χ0n) is 9.18. The Hall–Kier alpha value is -1.06. The molecule has 2 N–H and O–H groups in total. The highest BCUT2D eigenvalue weighted by molar-refractivity contribution is 6.07. The maximum absolute atomic E-state index is 11.8. The van der Waals surface area contributed by atoms with Crippen LogP contribution in [0, 0.1) is 11.8 Å². The number of carbonyl (C=O) groups is 2. The highest BCUT2D eigenvalue weighted by Gasteiger charge is 2.51. The Kier molecular flexibility index (Phi) is 2.83. The Bertz CT molecular complexity index is 263. The van der Waals surface area contributed by atoms with Crippen LogP contribution in [0.4, 0.5) is 4.79 Å². The predicted octanol–water partition coefficient (Wildman–Crippen LogP) is 1.27. The van der Waals surface area contributed by atoms with Crippen molar-refractivity contribution in [2.45, 2.75) is 39.7 Å². The smallest absolute Gasteiger partial charge is 0.322 e. The number of hydrogen-bond donors (Lipinski definition) is 2. The van der Waals surface area contributed by atoms with Gasteiger partial charge >= 0.3 is 6.03 Å². The average Bonchev–Trinajstić information content (AvgIpc) is 2.41. The van der Waals surface area contributed by atoms with E-state index in [1.54, 1.807) is 0 Å². The maximum atomic E-state index is 11.8. The van der Waals surface area contributed by atoms with Crippen molar-refractivity contribution in [1.82, 2.24) is 10.6 Å². The van der Waals surface area contributed by atoms with Gasteiger partial charge in [-0.2, -0.15) is 0 Å². The Morgan fingerprint density at radius 3 is 2.14 bits per heavy atom. The topological polar surface area (TPSA) is 58.2 Å². The van der Waals surface area contributed by atoms with Crippen LogP contribution in [0.25, 0.3) is 0 Å². The fourth-order valence-corrected chi connectivity index (χ4v) is 2.13. The van der Waals surface area contributed by atoms with Crippen LogP contribution in [0.15, 0.2) is 0 Å². The second-order valence-corrected chi connectivity index (χ2v) is 4.24. The number of hydrogen-bond acceptors (Lipinski definition) is 2. The molecule has 1 fully saturated rings. The fourth-order valence-electron chi connectivity index (χ4n) is 2.13. The molecule has 0 aromatic rings. The molecule has 0 aliphatic carbocycles. The van der Waals surface area contributed by atoms with Crippen LogP contribution in [0.3, 0.4) is 0 Å². The lowest BCUT2D eigenvalue weighted by Crippen LogP contribution is -2.56. The molecular weight excluding hydrogens is 180 g/mol. The lowest BCUT2D eigenvalue weighted by molar-refractivity contribution is -0.127. The van der Waals surface area contributed by atoms with E-state index < -0.39 is 5.54 Å². The first-order chi connectivity index (χ1) is 6.45.